The van der Waals surface area contributed by atoms with Gasteiger partial charge in [-0.25, -0.2) is 0 Å². The molecule has 0 spiro atoms. The zero-order chi connectivity index (χ0) is 11.8. The van der Waals surface area contributed by atoms with E-state index in [0.717, 1.165) is 11.6 Å². The molecule has 0 aliphatic rings. The highest BCUT2D eigenvalue weighted by molar-refractivity contribution is 6.30. The fourth-order valence-electron chi connectivity index (χ4n) is 1.81. The SMILES string of the molecule is CCCCC(NCCC)c1ccc(Cl)cc1. The molecule has 0 amide bonds. The van der Waals surface area contributed by atoms with Crippen molar-refractivity contribution >= 4 is 11.6 Å². The first-order valence-electron chi connectivity index (χ1n) is 6.26. The van der Waals surface area contributed by atoms with Crippen molar-refractivity contribution < 1.29 is 0 Å². The average molecular weight is 240 g/mol. The minimum Gasteiger partial charge on any atom is -0.310 e. The van der Waals surface area contributed by atoms with Crippen LogP contribution in [0.1, 0.15) is 51.1 Å². The number of hydrogen-bond acceptors (Lipinski definition) is 1. The van der Waals surface area contributed by atoms with E-state index in [1.807, 2.05) is 12.1 Å². The van der Waals surface area contributed by atoms with Gasteiger partial charge in [0.2, 0.25) is 0 Å². The van der Waals surface area contributed by atoms with Crippen LogP contribution < -0.4 is 5.32 Å². The van der Waals surface area contributed by atoms with Crippen LogP contribution in [0, 0.1) is 0 Å². The Bertz CT molecular complexity index is 273. The Labute approximate surface area is 104 Å². The van der Waals surface area contributed by atoms with E-state index in [9.17, 15) is 0 Å². The van der Waals surface area contributed by atoms with Gasteiger partial charge in [-0.15, -0.1) is 0 Å². The smallest absolute Gasteiger partial charge is 0.0406 e. The standard InChI is InChI=1S/C14H22ClN/c1-3-5-6-14(16-11-4-2)12-7-9-13(15)10-8-12/h7-10,14,16H,3-6,11H2,1-2H3. The highest BCUT2D eigenvalue weighted by Crippen LogP contribution is 2.21. The van der Waals surface area contributed by atoms with Crippen LogP contribution in [0.4, 0.5) is 0 Å². The summed E-state index contributed by atoms with van der Waals surface area (Å²) < 4.78 is 0. The van der Waals surface area contributed by atoms with E-state index in [4.69, 9.17) is 11.6 Å². The lowest BCUT2D eigenvalue weighted by atomic mass is 10.0. The first-order valence-corrected chi connectivity index (χ1v) is 6.64. The van der Waals surface area contributed by atoms with Crippen LogP contribution in [0.2, 0.25) is 5.02 Å². The summed E-state index contributed by atoms with van der Waals surface area (Å²) >= 11 is 5.90. The molecule has 1 rings (SSSR count). The molecular weight excluding hydrogens is 218 g/mol. The maximum absolute atomic E-state index is 5.90. The van der Waals surface area contributed by atoms with Crippen molar-refractivity contribution in [2.45, 2.75) is 45.6 Å². The van der Waals surface area contributed by atoms with Gasteiger partial charge in [0.15, 0.2) is 0 Å². The lowest BCUT2D eigenvalue weighted by Crippen LogP contribution is -2.22. The molecule has 90 valence electrons. The molecule has 0 aromatic heterocycles. The van der Waals surface area contributed by atoms with Crippen LogP contribution in [0.3, 0.4) is 0 Å². The third-order valence-electron chi connectivity index (χ3n) is 2.76. The van der Waals surface area contributed by atoms with Gasteiger partial charge in [0.25, 0.3) is 0 Å². The van der Waals surface area contributed by atoms with E-state index >= 15 is 0 Å². The molecule has 1 aromatic carbocycles. The molecule has 1 aromatic rings. The minimum absolute atomic E-state index is 0.483. The average Bonchev–Trinajstić information content (AvgIpc) is 2.31. The fourth-order valence-corrected chi connectivity index (χ4v) is 1.93. The molecule has 1 nitrogen and oxygen atoms in total. The number of benzene rings is 1. The maximum atomic E-state index is 5.90. The monoisotopic (exact) mass is 239 g/mol. The molecule has 1 atom stereocenters. The molecule has 1 unspecified atom stereocenters. The summed E-state index contributed by atoms with van der Waals surface area (Å²) in [6, 6.07) is 8.70. The van der Waals surface area contributed by atoms with E-state index in [1.165, 1.54) is 31.2 Å². The summed E-state index contributed by atoms with van der Waals surface area (Å²) in [4.78, 5) is 0. The van der Waals surface area contributed by atoms with Crippen LogP contribution >= 0.6 is 11.6 Å². The third kappa shape index (κ3) is 4.54. The molecule has 0 aliphatic heterocycles. The summed E-state index contributed by atoms with van der Waals surface area (Å²) in [6.07, 6.45) is 4.90. The molecule has 0 bridgehead atoms. The van der Waals surface area contributed by atoms with E-state index in [2.05, 4.69) is 31.3 Å². The van der Waals surface area contributed by atoms with Crippen LogP contribution in [0.5, 0.6) is 0 Å². The molecule has 0 saturated carbocycles. The minimum atomic E-state index is 0.483. The summed E-state index contributed by atoms with van der Waals surface area (Å²) in [5, 5.41) is 4.41. The van der Waals surface area contributed by atoms with Crippen molar-refractivity contribution in [3.8, 4) is 0 Å². The Balaban J connectivity index is 2.62. The molecule has 0 saturated heterocycles. The van der Waals surface area contributed by atoms with E-state index in [0.29, 0.717) is 6.04 Å². The predicted molar refractivity (Wildman–Crippen MR) is 72.0 cm³/mol. The number of halogens is 1. The van der Waals surface area contributed by atoms with Gasteiger partial charge in [0.1, 0.15) is 0 Å². The van der Waals surface area contributed by atoms with E-state index in [1.54, 1.807) is 0 Å². The Hall–Kier alpha value is -0.530. The molecular formula is C14H22ClN. The lowest BCUT2D eigenvalue weighted by Gasteiger charge is -2.18. The van der Waals surface area contributed by atoms with Gasteiger partial charge in [-0.05, 0) is 37.1 Å². The third-order valence-corrected chi connectivity index (χ3v) is 3.01. The van der Waals surface area contributed by atoms with Gasteiger partial charge in [-0.3, -0.25) is 0 Å². The first-order chi connectivity index (χ1) is 7.77. The zero-order valence-corrected chi connectivity index (χ0v) is 11.1. The van der Waals surface area contributed by atoms with E-state index in [-0.39, 0.29) is 0 Å². The summed E-state index contributed by atoms with van der Waals surface area (Å²) in [6.45, 7) is 5.52. The number of unbranched alkanes of at least 4 members (excludes halogenated alkanes) is 1. The summed E-state index contributed by atoms with van der Waals surface area (Å²) in [7, 11) is 0. The van der Waals surface area contributed by atoms with Crippen LogP contribution in [-0.2, 0) is 0 Å². The summed E-state index contributed by atoms with van der Waals surface area (Å²) in [5.41, 5.74) is 1.35. The second-order valence-electron chi connectivity index (χ2n) is 4.20. The molecule has 2 heteroatoms. The maximum Gasteiger partial charge on any atom is 0.0406 e. The topological polar surface area (TPSA) is 12.0 Å². The van der Waals surface area contributed by atoms with Crippen LogP contribution in [0.25, 0.3) is 0 Å². The number of nitrogens with one attached hydrogen (secondary N) is 1. The Morgan fingerprint density at radius 1 is 1.12 bits per heavy atom. The van der Waals surface area contributed by atoms with Gasteiger partial charge >= 0.3 is 0 Å². The number of rotatable bonds is 7. The normalized spacial score (nSPS) is 12.7. The highest BCUT2D eigenvalue weighted by atomic mass is 35.5. The Morgan fingerprint density at radius 3 is 2.38 bits per heavy atom. The molecule has 1 N–H and O–H groups in total. The van der Waals surface area contributed by atoms with Crippen molar-refractivity contribution in [3.63, 3.8) is 0 Å². The fraction of sp³-hybridized carbons (Fsp3) is 0.571. The quantitative estimate of drug-likeness (QED) is 0.735. The Morgan fingerprint density at radius 2 is 1.81 bits per heavy atom. The van der Waals surface area contributed by atoms with Gasteiger partial charge < -0.3 is 5.32 Å². The molecule has 0 fully saturated rings. The highest BCUT2D eigenvalue weighted by Gasteiger charge is 2.09. The van der Waals surface area contributed by atoms with Crippen molar-refractivity contribution in [1.82, 2.24) is 5.32 Å². The Kier molecular flexibility index (Phi) is 6.51. The first kappa shape index (κ1) is 13.5. The predicted octanol–water partition coefficient (Wildman–Crippen LogP) is 4.57. The molecule has 0 heterocycles. The lowest BCUT2D eigenvalue weighted by molar-refractivity contribution is 0.481. The zero-order valence-electron chi connectivity index (χ0n) is 10.3. The summed E-state index contributed by atoms with van der Waals surface area (Å²) in [5.74, 6) is 0. The molecule has 0 radical (unpaired) electrons. The van der Waals surface area contributed by atoms with Gasteiger partial charge in [-0.1, -0.05) is 50.4 Å². The van der Waals surface area contributed by atoms with Crippen molar-refractivity contribution in [2.24, 2.45) is 0 Å². The van der Waals surface area contributed by atoms with Crippen LogP contribution in [-0.4, -0.2) is 6.54 Å². The molecule has 0 aliphatic carbocycles. The van der Waals surface area contributed by atoms with Gasteiger partial charge in [0, 0.05) is 11.1 Å². The van der Waals surface area contributed by atoms with Crippen molar-refractivity contribution in [3.05, 3.63) is 34.9 Å². The van der Waals surface area contributed by atoms with Crippen LogP contribution in [0.15, 0.2) is 24.3 Å². The van der Waals surface area contributed by atoms with Gasteiger partial charge in [-0.2, -0.15) is 0 Å². The van der Waals surface area contributed by atoms with Crippen molar-refractivity contribution in [2.75, 3.05) is 6.54 Å². The van der Waals surface area contributed by atoms with Gasteiger partial charge in [0.05, 0.1) is 0 Å². The largest absolute Gasteiger partial charge is 0.310 e. The second kappa shape index (κ2) is 7.70. The molecule has 16 heavy (non-hydrogen) atoms. The second-order valence-corrected chi connectivity index (χ2v) is 4.64. The van der Waals surface area contributed by atoms with E-state index < -0.39 is 0 Å². The van der Waals surface area contributed by atoms with Crippen molar-refractivity contribution in [1.29, 1.82) is 0 Å². The number of hydrogen-bond donors (Lipinski definition) is 1.